The van der Waals surface area contributed by atoms with E-state index in [2.05, 4.69) is 37.9 Å². The van der Waals surface area contributed by atoms with Crippen LogP contribution in [0.4, 0.5) is 11.4 Å². The van der Waals surface area contributed by atoms with E-state index in [1.54, 1.807) is 12.1 Å². The molecule has 6 rings (SSSR count). The molecule has 0 radical (unpaired) electrons. The third-order valence-corrected chi connectivity index (χ3v) is 10.3. The molecule has 0 spiro atoms. The Kier molecular flexibility index (Phi) is 19.3. The van der Waals surface area contributed by atoms with Gasteiger partial charge < -0.3 is 44.4 Å². The van der Waals surface area contributed by atoms with Gasteiger partial charge in [0.2, 0.25) is 0 Å². The Morgan fingerprint density at radius 3 is 2.24 bits per heavy atom. The molecular weight excluding hydrogens is 762 g/mol. The first kappa shape index (κ1) is 45.9. The van der Waals surface area contributed by atoms with Crippen LogP contribution in [0.5, 0.6) is 0 Å². The van der Waals surface area contributed by atoms with Gasteiger partial charge in [-0.25, -0.2) is 0 Å². The number of ether oxygens (including phenoxy) is 4. The third-order valence-electron chi connectivity index (χ3n) is 10.3. The van der Waals surface area contributed by atoms with Crippen LogP contribution in [-0.4, -0.2) is 93.9 Å². The summed E-state index contributed by atoms with van der Waals surface area (Å²) in [5, 5.41) is 25.4. The average molecular weight is 816 g/mol. The number of amides is 2. The van der Waals surface area contributed by atoms with Gasteiger partial charge in [-0.2, -0.15) is 10.2 Å². The van der Waals surface area contributed by atoms with Crippen LogP contribution in [0.15, 0.2) is 79.0 Å². The van der Waals surface area contributed by atoms with Crippen molar-refractivity contribution in [3.63, 3.8) is 0 Å². The summed E-state index contributed by atoms with van der Waals surface area (Å²) in [6, 6.07) is 23.6. The fourth-order valence-corrected chi connectivity index (χ4v) is 7.33. The number of fused-ring (bicyclic) bond motifs is 1. The summed E-state index contributed by atoms with van der Waals surface area (Å²) in [6.07, 6.45) is 9.25. The van der Waals surface area contributed by atoms with Crippen LogP contribution in [0.2, 0.25) is 0 Å². The number of hydrogen-bond acceptors (Lipinski definition) is 11. The van der Waals surface area contributed by atoms with E-state index in [0.29, 0.717) is 74.3 Å². The number of rotatable bonds is 22. The molecule has 59 heavy (non-hydrogen) atoms. The summed E-state index contributed by atoms with van der Waals surface area (Å²) in [5.74, 6) is -1.58. The molecule has 0 bridgehead atoms. The number of carbonyl (C=O) groups is 3. The maximum absolute atomic E-state index is 13.8. The van der Waals surface area contributed by atoms with Gasteiger partial charge in [-0.15, -0.1) is 0 Å². The normalized spacial score (nSPS) is 14.8. The first-order valence-corrected chi connectivity index (χ1v) is 20.5. The predicted molar refractivity (Wildman–Crippen MR) is 219 cm³/mol. The smallest absolute Gasteiger partial charge is 0.550 e. The molecule has 3 aromatic carbocycles. The van der Waals surface area contributed by atoms with Crippen LogP contribution in [0.25, 0.3) is 11.3 Å². The van der Waals surface area contributed by atoms with Crippen molar-refractivity contribution in [1.29, 1.82) is 0 Å². The first-order valence-electron chi connectivity index (χ1n) is 20.5. The van der Waals surface area contributed by atoms with Gasteiger partial charge in [0.1, 0.15) is 0 Å². The van der Waals surface area contributed by atoms with Gasteiger partial charge >= 0.3 is 29.6 Å². The summed E-state index contributed by atoms with van der Waals surface area (Å²) >= 11 is 0. The number of hydrogen-bond donors (Lipinski definition) is 2. The molecule has 1 atom stereocenters. The molecule has 2 aliphatic rings. The topological polar surface area (TPSA) is 164 Å². The fourth-order valence-electron chi connectivity index (χ4n) is 7.33. The second-order valence-electron chi connectivity index (χ2n) is 14.6. The number of carbonyl (C=O) groups excluding carboxylic acids is 3. The molecule has 1 fully saturated rings. The summed E-state index contributed by atoms with van der Waals surface area (Å²) in [5.41, 5.74) is 7.25. The van der Waals surface area contributed by atoms with E-state index in [4.69, 9.17) is 18.9 Å². The van der Waals surface area contributed by atoms with Crippen LogP contribution >= 0.6 is 0 Å². The number of aliphatic carboxylic acids is 1. The van der Waals surface area contributed by atoms with Crippen LogP contribution < -0.4 is 50.2 Å². The zero-order valence-corrected chi connectivity index (χ0v) is 36.1. The molecule has 1 aliphatic heterocycles. The molecule has 2 heterocycles. The minimum Gasteiger partial charge on any atom is -0.550 e. The summed E-state index contributed by atoms with van der Waals surface area (Å²) in [7, 11) is 0. The van der Waals surface area contributed by atoms with Crippen molar-refractivity contribution < 1.29 is 68.0 Å². The van der Waals surface area contributed by atoms with Crippen molar-refractivity contribution in [2.24, 2.45) is 0 Å². The Morgan fingerprint density at radius 1 is 0.746 bits per heavy atom. The minimum absolute atomic E-state index is 0. The molecule has 13 nitrogen and oxygen atoms in total. The van der Waals surface area contributed by atoms with Crippen molar-refractivity contribution in [1.82, 2.24) is 15.5 Å². The summed E-state index contributed by atoms with van der Waals surface area (Å²) in [6.45, 7) is 5.01. The molecule has 14 heteroatoms. The Hall–Kier alpha value is -4.21. The van der Waals surface area contributed by atoms with Crippen LogP contribution in [0.3, 0.4) is 0 Å². The molecular formula is C45H54N5NaO8. The Bertz CT molecular complexity index is 1960. The maximum atomic E-state index is 13.8. The second-order valence-corrected chi connectivity index (χ2v) is 14.6. The molecule has 1 saturated heterocycles. The van der Waals surface area contributed by atoms with Gasteiger partial charge in [-0.05, 0) is 104 Å². The predicted octanol–water partition coefficient (Wildman–Crippen LogP) is 2.34. The number of nitrogens with zero attached hydrogens (tertiary/aromatic N) is 3. The molecule has 308 valence electrons. The zero-order valence-electron chi connectivity index (χ0n) is 34.1. The number of piperidine rings is 1. The summed E-state index contributed by atoms with van der Waals surface area (Å²) in [4.78, 5) is 40.1. The van der Waals surface area contributed by atoms with Crippen molar-refractivity contribution in [2.75, 3.05) is 76.2 Å². The number of carboxylic acid groups (broad SMARTS) is 1. The van der Waals surface area contributed by atoms with Crippen molar-refractivity contribution in [2.45, 2.75) is 63.8 Å². The fraction of sp³-hybridized carbons (Fsp3) is 0.444. The van der Waals surface area contributed by atoms with Gasteiger partial charge in [0.05, 0.1) is 75.4 Å². The van der Waals surface area contributed by atoms with E-state index in [9.17, 15) is 19.5 Å². The Labute approximate surface area is 368 Å². The number of aryl methyl sites for hydroxylation is 2. The van der Waals surface area contributed by atoms with Gasteiger partial charge in [0, 0.05) is 48.9 Å². The Balaban J connectivity index is 0.00000661. The molecule has 1 aromatic heterocycles. The van der Waals surface area contributed by atoms with Crippen LogP contribution in [0.1, 0.15) is 88.4 Å². The third kappa shape index (κ3) is 14.5. The number of aromatic nitrogens is 2. The van der Waals surface area contributed by atoms with Gasteiger partial charge in [0.25, 0.3) is 11.8 Å². The average Bonchev–Trinajstić information content (AvgIpc) is 3.25. The summed E-state index contributed by atoms with van der Waals surface area (Å²) < 4.78 is 21.8. The van der Waals surface area contributed by atoms with E-state index >= 15 is 0 Å². The zero-order chi connectivity index (χ0) is 40.4. The van der Waals surface area contributed by atoms with Crippen LogP contribution in [0, 0.1) is 0 Å². The van der Waals surface area contributed by atoms with Crippen molar-refractivity contribution >= 4 is 29.2 Å². The SMILES string of the molecule is O=C([O-])CCOCCOCCOCCOCCCc1cccc(C(=O)Nc2ccc(N3CCCCC3)cc2-c2cc(C(=O)N[C@H]3CCCc4ccccc43)cnn2)c1.[Na+]. The second kappa shape index (κ2) is 24.8. The molecule has 4 aromatic rings. The quantitative estimate of drug-likeness (QED) is 0.0885. The minimum atomic E-state index is -1.13. The molecule has 2 amide bonds. The van der Waals surface area contributed by atoms with E-state index in [1.165, 1.54) is 18.2 Å². The van der Waals surface area contributed by atoms with E-state index in [0.717, 1.165) is 74.8 Å². The van der Waals surface area contributed by atoms with Crippen molar-refractivity contribution in [3.05, 3.63) is 107 Å². The number of benzene rings is 3. The molecule has 0 saturated carbocycles. The number of nitrogens with one attached hydrogen (secondary N) is 2. The van der Waals surface area contributed by atoms with Gasteiger partial charge in [0.15, 0.2) is 0 Å². The molecule has 2 N–H and O–H groups in total. The first-order chi connectivity index (χ1) is 28.4. The monoisotopic (exact) mass is 815 g/mol. The van der Waals surface area contributed by atoms with Crippen LogP contribution in [-0.2, 0) is 36.6 Å². The number of carboxylic acids is 1. The number of anilines is 2. The van der Waals surface area contributed by atoms with E-state index in [1.807, 2.05) is 48.5 Å². The van der Waals surface area contributed by atoms with Gasteiger partial charge in [-0.3, -0.25) is 9.59 Å². The standard InChI is InChI=1S/C45H55N5O8.Na/c51-43(52)18-22-56-24-26-58-28-27-57-25-23-55-21-8-10-33-9-6-13-35(29-33)44(53)48-41-17-16-37(50-19-4-1-5-20-50)31-39(41)42-30-36(32-46-49-42)45(54)47-40-15-7-12-34-11-2-3-14-38(34)40;/h2-3,6,9,11,13-14,16-17,29-32,40H,1,4-5,7-8,10,12,15,18-28H2,(H,47,54)(H,48,53)(H,51,52);/q;+1/p-1/t40-;/m0./s1. The van der Waals surface area contributed by atoms with Crippen molar-refractivity contribution in [3.8, 4) is 11.3 Å². The molecule has 1 aliphatic carbocycles. The van der Waals surface area contributed by atoms with Gasteiger partial charge in [-0.1, -0.05) is 36.4 Å². The maximum Gasteiger partial charge on any atom is 1.00 e. The molecule has 0 unspecified atom stereocenters. The largest absolute Gasteiger partial charge is 1.00 e. The van der Waals surface area contributed by atoms with E-state index < -0.39 is 5.97 Å². The van der Waals surface area contributed by atoms with E-state index in [-0.39, 0.29) is 60.4 Å². The Morgan fingerprint density at radius 2 is 1.47 bits per heavy atom.